The lowest BCUT2D eigenvalue weighted by Crippen LogP contribution is -2.44. The molecule has 3 atom stereocenters. The molecule has 0 aromatic carbocycles. The molecule has 17 heavy (non-hydrogen) atoms. The van der Waals surface area contributed by atoms with Gasteiger partial charge in [-0.2, -0.15) is 0 Å². The zero-order valence-corrected chi connectivity index (χ0v) is 9.84. The summed E-state index contributed by atoms with van der Waals surface area (Å²) in [5.41, 5.74) is 0. The second-order valence-electron chi connectivity index (χ2n) is 4.79. The van der Waals surface area contributed by atoms with Gasteiger partial charge in [0, 0.05) is 24.8 Å². The van der Waals surface area contributed by atoms with Crippen LogP contribution in [0.15, 0.2) is 24.4 Å². The number of rotatable bonds is 3. The highest BCUT2D eigenvalue weighted by molar-refractivity contribution is 5.09. The Morgan fingerprint density at radius 1 is 1.41 bits per heavy atom. The lowest BCUT2D eigenvalue weighted by molar-refractivity contribution is 0.00963. The fraction of sp³-hybridized carbons (Fsp3) is 0.615. The normalized spacial score (nSPS) is 32.1. The Morgan fingerprint density at radius 2 is 2.41 bits per heavy atom. The number of hydrogen-bond donors (Lipinski definition) is 1. The Labute approximate surface area is 101 Å². The van der Waals surface area contributed by atoms with Gasteiger partial charge >= 0.3 is 0 Å². The first-order valence-corrected chi connectivity index (χ1v) is 6.30. The number of aromatic nitrogens is 1. The van der Waals surface area contributed by atoms with Crippen molar-refractivity contribution < 1.29 is 9.47 Å². The van der Waals surface area contributed by atoms with Gasteiger partial charge in [0.2, 0.25) is 5.88 Å². The first-order chi connectivity index (χ1) is 8.42. The van der Waals surface area contributed by atoms with Crippen molar-refractivity contribution >= 4 is 0 Å². The van der Waals surface area contributed by atoms with Crippen molar-refractivity contribution in [3.05, 3.63) is 24.4 Å². The zero-order chi connectivity index (χ0) is 11.5. The summed E-state index contributed by atoms with van der Waals surface area (Å²) in [6.45, 7) is 2.57. The molecule has 1 aliphatic carbocycles. The highest BCUT2D eigenvalue weighted by atomic mass is 16.5. The Morgan fingerprint density at radius 3 is 3.24 bits per heavy atom. The van der Waals surface area contributed by atoms with Crippen LogP contribution in [0.3, 0.4) is 0 Å². The smallest absolute Gasteiger partial charge is 0.213 e. The van der Waals surface area contributed by atoms with E-state index in [2.05, 4.69) is 10.3 Å². The number of fused-ring (bicyclic) bond motifs is 1. The standard InChI is InChI=1S/C13H18N2O2/c1-2-4-15-13(3-1)17-9-10-7-11-12(8-10)16-6-5-14-11/h1-4,10-12,14H,5-9H2/t10-,11-,12+/m1/s1. The number of pyridine rings is 1. The summed E-state index contributed by atoms with van der Waals surface area (Å²) in [5.74, 6) is 1.30. The minimum absolute atomic E-state index is 0.390. The minimum atomic E-state index is 0.390. The van der Waals surface area contributed by atoms with Gasteiger partial charge in [0.25, 0.3) is 0 Å². The van der Waals surface area contributed by atoms with Crippen molar-refractivity contribution in [1.29, 1.82) is 0 Å². The van der Waals surface area contributed by atoms with Crippen LogP contribution in [0, 0.1) is 5.92 Å². The van der Waals surface area contributed by atoms with E-state index in [-0.39, 0.29) is 0 Å². The molecule has 1 saturated heterocycles. The maximum Gasteiger partial charge on any atom is 0.213 e. The molecule has 0 radical (unpaired) electrons. The topological polar surface area (TPSA) is 43.4 Å². The second kappa shape index (κ2) is 5.02. The SMILES string of the molecule is c1ccc(OC[C@H]2C[C@@H]3OCCN[C@@H]3C2)nc1. The van der Waals surface area contributed by atoms with E-state index < -0.39 is 0 Å². The van der Waals surface area contributed by atoms with Crippen LogP contribution in [-0.4, -0.2) is 36.9 Å². The second-order valence-corrected chi connectivity index (χ2v) is 4.79. The summed E-state index contributed by atoms with van der Waals surface area (Å²) in [6, 6.07) is 6.27. The van der Waals surface area contributed by atoms with Gasteiger partial charge in [-0.3, -0.25) is 0 Å². The fourth-order valence-electron chi connectivity index (χ4n) is 2.73. The van der Waals surface area contributed by atoms with Crippen molar-refractivity contribution in [3.63, 3.8) is 0 Å². The number of morpholine rings is 1. The third kappa shape index (κ3) is 2.58. The van der Waals surface area contributed by atoms with Crippen LogP contribution in [-0.2, 0) is 4.74 Å². The maximum absolute atomic E-state index is 5.75. The van der Waals surface area contributed by atoms with Crippen LogP contribution < -0.4 is 10.1 Å². The van der Waals surface area contributed by atoms with Crippen LogP contribution in [0.2, 0.25) is 0 Å². The van der Waals surface area contributed by atoms with Gasteiger partial charge in [0.15, 0.2) is 0 Å². The Hall–Kier alpha value is -1.13. The Balaban J connectivity index is 1.50. The van der Waals surface area contributed by atoms with Crippen LogP contribution in [0.1, 0.15) is 12.8 Å². The van der Waals surface area contributed by atoms with E-state index in [1.165, 1.54) is 0 Å². The first-order valence-electron chi connectivity index (χ1n) is 6.30. The summed E-state index contributed by atoms with van der Waals surface area (Å²) in [6.07, 6.45) is 4.40. The maximum atomic E-state index is 5.75. The first kappa shape index (κ1) is 11.0. The van der Waals surface area contributed by atoms with Gasteiger partial charge in [-0.05, 0) is 24.8 Å². The van der Waals surface area contributed by atoms with Crippen molar-refractivity contribution in [2.75, 3.05) is 19.8 Å². The average Bonchev–Trinajstić information content (AvgIpc) is 2.80. The predicted octanol–water partition coefficient (Wildman–Crippen LogP) is 1.23. The summed E-state index contributed by atoms with van der Waals surface area (Å²) >= 11 is 0. The number of nitrogens with zero attached hydrogens (tertiary/aromatic N) is 1. The quantitative estimate of drug-likeness (QED) is 0.854. The van der Waals surface area contributed by atoms with E-state index in [1.807, 2.05) is 18.2 Å². The molecule has 0 bridgehead atoms. The van der Waals surface area contributed by atoms with Crippen molar-refractivity contribution in [2.24, 2.45) is 5.92 Å². The molecular weight excluding hydrogens is 216 g/mol. The monoisotopic (exact) mass is 234 g/mol. The molecule has 0 spiro atoms. The number of nitrogens with one attached hydrogen (secondary N) is 1. The third-order valence-corrected chi connectivity index (χ3v) is 3.55. The molecule has 1 aromatic rings. The highest BCUT2D eigenvalue weighted by Crippen LogP contribution is 2.30. The molecule has 4 nitrogen and oxygen atoms in total. The molecule has 2 fully saturated rings. The van der Waals surface area contributed by atoms with Crippen molar-refractivity contribution in [1.82, 2.24) is 10.3 Å². The van der Waals surface area contributed by atoms with E-state index in [9.17, 15) is 0 Å². The molecular formula is C13H18N2O2. The molecule has 2 aliphatic rings. The summed E-state index contributed by atoms with van der Waals surface area (Å²) in [5, 5.41) is 3.51. The predicted molar refractivity (Wildman–Crippen MR) is 64.0 cm³/mol. The number of ether oxygens (including phenoxy) is 2. The van der Waals surface area contributed by atoms with Gasteiger partial charge in [-0.25, -0.2) is 4.98 Å². The highest BCUT2D eigenvalue weighted by Gasteiger charge is 2.36. The average molecular weight is 234 g/mol. The molecule has 2 heterocycles. The summed E-state index contributed by atoms with van der Waals surface area (Å²) in [4.78, 5) is 4.16. The molecule has 0 unspecified atom stereocenters. The largest absolute Gasteiger partial charge is 0.477 e. The van der Waals surface area contributed by atoms with E-state index in [4.69, 9.17) is 9.47 Å². The molecule has 1 aromatic heterocycles. The van der Waals surface area contributed by atoms with Crippen LogP contribution in [0.4, 0.5) is 0 Å². The molecule has 0 amide bonds. The molecule has 1 saturated carbocycles. The number of hydrogen-bond acceptors (Lipinski definition) is 4. The van der Waals surface area contributed by atoms with E-state index >= 15 is 0 Å². The van der Waals surface area contributed by atoms with Crippen LogP contribution >= 0.6 is 0 Å². The molecule has 92 valence electrons. The lowest BCUT2D eigenvalue weighted by atomic mass is 10.1. The fourth-order valence-corrected chi connectivity index (χ4v) is 2.73. The van der Waals surface area contributed by atoms with E-state index in [0.29, 0.717) is 18.1 Å². The summed E-state index contributed by atoms with van der Waals surface area (Å²) < 4.78 is 11.5. The zero-order valence-electron chi connectivity index (χ0n) is 9.84. The molecule has 3 rings (SSSR count). The summed E-state index contributed by atoms with van der Waals surface area (Å²) in [7, 11) is 0. The van der Waals surface area contributed by atoms with Crippen LogP contribution in [0.5, 0.6) is 5.88 Å². The lowest BCUT2D eigenvalue weighted by Gasteiger charge is -2.26. The minimum Gasteiger partial charge on any atom is -0.477 e. The van der Waals surface area contributed by atoms with Crippen molar-refractivity contribution in [3.8, 4) is 5.88 Å². The van der Waals surface area contributed by atoms with Gasteiger partial charge in [-0.1, -0.05) is 6.07 Å². The Bertz CT molecular complexity index is 344. The Kier molecular flexibility index (Phi) is 3.25. The van der Waals surface area contributed by atoms with E-state index in [0.717, 1.165) is 38.5 Å². The van der Waals surface area contributed by atoms with Gasteiger partial charge in [0.1, 0.15) is 0 Å². The van der Waals surface area contributed by atoms with Gasteiger partial charge in [0.05, 0.1) is 19.3 Å². The van der Waals surface area contributed by atoms with Gasteiger partial charge in [-0.15, -0.1) is 0 Å². The molecule has 1 N–H and O–H groups in total. The van der Waals surface area contributed by atoms with Crippen LogP contribution in [0.25, 0.3) is 0 Å². The van der Waals surface area contributed by atoms with E-state index in [1.54, 1.807) is 6.20 Å². The third-order valence-electron chi connectivity index (χ3n) is 3.55. The molecule has 1 aliphatic heterocycles. The van der Waals surface area contributed by atoms with Gasteiger partial charge < -0.3 is 14.8 Å². The van der Waals surface area contributed by atoms with Crippen molar-refractivity contribution in [2.45, 2.75) is 25.0 Å². The molecule has 4 heteroatoms.